The van der Waals surface area contributed by atoms with E-state index in [4.69, 9.17) is 4.74 Å². The van der Waals surface area contributed by atoms with E-state index in [9.17, 15) is 8.78 Å². The van der Waals surface area contributed by atoms with Gasteiger partial charge in [0.05, 0.1) is 5.60 Å². The lowest BCUT2D eigenvalue weighted by Crippen LogP contribution is -2.45. The molecule has 4 nitrogen and oxygen atoms in total. The number of benzene rings is 1. The van der Waals surface area contributed by atoms with Crippen molar-refractivity contribution in [3.05, 3.63) is 35.4 Å². The van der Waals surface area contributed by atoms with E-state index in [1.807, 2.05) is 6.92 Å². The molecule has 1 saturated heterocycles. The van der Waals surface area contributed by atoms with Gasteiger partial charge in [0.15, 0.2) is 5.96 Å². The van der Waals surface area contributed by atoms with E-state index < -0.39 is 11.6 Å². The van der Waals surface area contributed by atoms with Crippen LogP contribution in [-0.4, -0.2) is 31.8 Å². The SMILES string of the molecule is CN=C(NCc1cc(F)ccc1F)NCC1(C)CCCO1. The van der Waals surface area contributed by atoms with Crippen LogP contribution < -0.4 is 10.6 Å². The van der Waals surface area contributed by atoms with Crippen molar-refractivity contribution in [1.82, 2.24) is 10.6 Å². The van der Waals surface area contributed by atoms with Crippen molar-refractivity contribution in [2.45, 2.75) is 31.9 Å². The average Bonchev–Trinajstić information content (AvgIpc) is 2.90. The number of nitrogens with zero attached hydrogens (tertiary/aromatic N) is 1. The van der Waals surface area contributed by atoms with Crippen LogP contribution >= 0.6 is 0 Å². The fourth-order valence-electron chi connectivity index (χ4n) is 2.33. The van der Waals surface area contributed by atoms with Crippen molar-refractivity contribution in [3.63, 3.8) is 0 Å². The quantitative estimate of drug-likeness (QED) is 0.661. The topological polar surface area (TPSA) is 45.7 Å². The van der Waals surface area contributed by atoms with Crippen LogP contribution in [0.5, 0.6) is 0 Å². The van der Waals surface area contributed by atoms with Gasteiger partial charge in [-0.15, -0.1) is 0 Å². The van der Waals surface area contributed by atoms with Gasteiger partial charge in [-0.3, -0.25) is 4.99 Å². The van der Waals surface area contributed by atoms with Crippen molar-refractivity contribution in [2.75, 3.05) is 20.2 Å². The maximum absolute atomic E-state index is 13.5. The number of nitrogens with one attached hydrogen (secondary N) is 2. The minimum Gasteiger partial charge on any atom is -0.373 e. The molecule has 0 bridgehead atoms. The van der Waals surface area contributed by atoms with Crippen molar-refractivity contribution in [2.24, 2.45) is 4.99 Å². The van der Waals surface area contributed by atoms with Gasteiger partial charge in [-0.1, -0.05) is 0 Å². The molecule has 116 valence electrons. The molecule has 1 aromatic rings. The number of rotatable bonds is 4. The van der Waals surface area contributed by atoms with Gasteiger partial charge in [0.1, 0.15) is 11.6 Å². The largest absolute Gasteiger partial charge is 0.373 e. The minimum atomic E-state index is -0.456. The summed E-state index contributed by atoms with van der Waals surface area (Å²) in [5, 5.41) is 6.13. The first-order valence-electron chi connectivity index (χ1n) is 7.05. The van der Waals surface area contributed by atoms with Gasteiger partial charge in [-0.25, -0.2) is 8.78 Å². The molecule has 0 radical (unpaired) electrons. The molecule has 2 N–H and O–H groups in total. The number of ether oxygens (including phenoxy) is 1. The van der Waals surface area contributed by atoms with Crippen LogP contribution in [0.4, 0.5) is 8.78 Å². The first-order valence-corrected chi connectivity index (χ1v) is 7.05. The van der Waals surface area contributed by atoms with Crippen LogP contribution in [0.1, 0.15) is 25.3 Å². The van der Waals surface area contributed by atoms with Gasteiger partial charge in [0, 0.05) is 32.3 Å². The van der Waals surface area contributed by atoms with Gasteiger partial charge >= 0.3 is 0 Å². The molecule has 0 aromatic heterocycles. The summed E-state index contributed by atoms with van der Waals surface area (Å²) in [4.78, 5) is 4.07. The first-order chi connectivity index (χ1) is 10.0. The molecule has 6 heteroatoms. The van der Waals surface area contributed by atoms with E-state index in [1.165, 1.54) is 6.07 Å². The Kier molecular flexibility index (Phi) is 5.12. The highest BCUT2D eigenvalue weighted by Crippen LogP contribution is 2.23. The van der Waals surface area contributed by atoms with Gasteiger partial charge in [-0.05, 0) is 38.0 Å². The molecule has 2 rings (SSSR count). The highest BCUT2D eigenvalue weighted by atomic mass is 19.1. The lowest BCUT2D eigenvalue weighted by Gasteiger charge is -2.24. The second kappa shape index (κ2) is 6.85. The molecule has 1 unspecified atom stereocenters. The minimum absolute atomic E-state index is 0.167. The number of hydrogen-bond acceptors (Lipinski definition) is 2. The molecular formula is C15H21F2N3O. The van der Waals surface area contributed by atoms with Crippen molar-refractivity contribution in [3.8, 4) is 0 Å². The first kappa shape index (κ1) is 15.7. The Morgan fingerprint density at radius 1 is 1.38 bits per heavy atom. The fraction of sp³-hybridized carbons (Fsp3) is 0.533. The van der Waals surface area contributed by atoms with E-state index in [0.717, 1.165) is 31.6 Å². The van der Waals surface area contributed by atoms with Crippen LogP contribution in [0.2, 0.25) is 0 Å². The molecule has 0 aliphatic carbocycles. The zero-order valence-corrected chi connectivity index (χ0v) is 12.4. The molecule has 1 aromatic carbocycles. The maximum atomic E-state index is 13.5. The third kappa shape index (κ3) is 4.39. The summed E-state index contributed by atoms with van der Waals surface area (Å²) in [6.07, 6.45) is 2.05. The molecule has 1 fully saturated rings. The predicted molar refractivity (Wildman–Crippen MR) is 78.2 cm³/mol. The van der Waals surface area contributed by atoms with Crippen LogP contribution in [0.25, 0.3) is 0 Å². The molecule has 0 spiro atoms. The molecule has 1 atom stereocenters. The second-order valence-electron chi connectivity index (χ2n) is 5.42. The van der Waals surface area contributed by atoms with Crippen molar-refractivity contribution >= 4 is 5.96 Å². The van der Waals surface area contributed by atoms with E-state index in [1.54, 1.807) is 7.05 Å². The van der Waals surface area contributed by atoms with Gasteiger partial charge in [0.25, 0.3) is 0 Å². The molecule has 1 aliphatic rings. The van der Waals surface area contributed by atoms with E-state index in [2.05, 4.69) is 15.6 Å². The van der Waals surface area contributed by atoms with E-state index in [0.29, 0.717) is 12.5 Å². The maximum Gasteiger partial charge on any atom is 0.191 e. The van der Waals surface area contributed by atoms with Crippen LogP contribution in [-0.2, 0) is 11.3 Å². The van der Waals surface area contributed by atoms with E-state index in [-0.39, 0.29) is 17.7 Å². The van der Waals surface area contributed by atoms with Crippen LogP contribution in [0, 0.1) is 11.6 Å². The Balaban J connectivity index is 1.86. The molecular weight excluding hydrogens is 276 g/mol. The van der Waals surface area contributed by atoms with E-state index >= 15 is 0 Å². The number of hydrogen-bond donors (Lipinski definition) is 2. The Morgan fingerprint density at radius 3 is 2.86 bits per heavy atom. The normalized spacial score (nSPS) is 22.4. The summed E-state index contributed by atoms with van der Waals surface area (Å²) in [5.74, 6) is -0.358. The highest BCUT2D eigenvalue weighted by Gasteiger charge is 2.29. The molecule has 0 amide bonds. The molecule has 0 saturated carbocycles. The smallest absolute Gasteiger partial charge is 0.191 e. The number of halogens is 2. The van der Waals surface area contributed by atoms with Crippen LogP contribution in [0.15, 0.2) is 23.2 Å². The standard InChI is InChI=1S/C15H21F2N3O/c1-15(6-3-7-21-15)10-20-14(18-2)19-9-11-8-12(16)4-5-13(11)17/h4-5,8H,3,6-7,9-10H2,1-2H3,(H2,18,19,20). The lowest BCUT2D eigenvalue weighted by atomic mass is 10.0. The lowest BCUT2D eigenvalue weighted by molar-refractivity contribution is 0.0243. The Bertz CT molecular complexity index is 514. The molecule has 21 heavy (non-hydrogen) atoms. The van der Waals surface area contributed by atoms with Gasteiger partial charge in [0.2, 0.25) is 0 Å². The summed E-state index contributed by atoms with van der Waals surface area (Å²) in [7, 11) is 1.63. The summed E-state index contributed by atoms with van der Waals surface area (Å²) in [6, 6.07) is 3.40. The monoisotopic (exact) mass is 297 g/mol. The second-order valence-corrected chi connectivity index (χ2v) is 5.42. The average molecular weight is 297 g/mol. The summed E-state index contributed by atoms with van der Waals surface area (Å²) in [6.45, 7) is 3.62. The molecule has 1 heterocycles. The fourth-order valence-corrected chi connectivity index (χ4v) is 2.33. The zero-order chi connectivity index (χ0) is 15.3. The number of guanidine groups is 1. The third-order valence-corrected chi connectivity index (χ3v) is 3.61. The number of aliphatic imine (C=N–C) groups is 1. The van der Waals surface area contributed by atoms with Gasteiger partial charge < -0.3 is 15.4 Å². The molecule has 1 aliphatic heterocycles. The van der Waals surface area contributed by atoms with Crippen molar-refractivity contribution in [1.29, 1.82) is 0 Å². The zero-order valence-electron chi connectivity index (χ0n) is 12.4. The summed E-state index contributed by atoms with van der Waals surface area (Å²) >= 11 is 0. The predicted octanol–water partition coefficient (Wildman–Crippen LogP) is 2.20. The highest BCUT2D eigenvalue weighted by molar-refractivity contribution is 5.79. The summed E-state index contributed by atoms with van der Waals surface area (Å²) in [5.41, 5.74) is 0.0723. The third-order valence-electron chi connectivity index (χ3n) is 3.61. The Labute approximate surface area is 123 Å². The van der Waals surface area contributed by atoms with Crippen molar-refractivity contribution < 1.29 is 13.5 Å². The summed E-state index contributed by atoms with van der Waals surface area (Å²) < 4.78 is 32.3. The Hall–Kier alpha value is -1.69. The Morgan fingerprint density at radius 2 is 2.19 bits per heavy atom. The van der Waals surface area contributed by atoms with Gasteiger partial charge in [-0.2, -0.15) is 0 Å². The van der Waals surface area contributed by atoms with Crippen LogP contribution in [0.3, 0.4) is 0 Å².